The Balaban J connectivity index is 3.31. The van der Waals surface area contributed by atoms with E-state index in [9.17, 15) is 4.79 Å². The maximum atomic E-state index is 10.9. The van der Waals surface area contributed by atoms with Crippen molar-refractivity contribution in [1.29, 1.82) is 0 Å². The van der Waals surface area contributed by atoms with Crippen LogP contribution in [-0.2, 0) is 10.3 Å². The zero-order valence-electron chi connectivity index (χ0n) is 7.42. The number of hydrogen-bond donors (Lipinski definition) is 2. The molecule has 0 heterocycles. The van der Waals surface area contributed by atoms with Crippen LogP contribution in [-0.4, -0.2) is 11.1 Å². The van der Waals surface area contributed by atoms with Crippen LogP contribution in [0, 0.1) is 3.57 Å². The number of carboxylic acids is 1. The maximum absolute atomic E-state index is 10.9. The van der Waals surface area contributed by atoms with Gasteiger partial charge < -0.3 is 10.8 Å². The minimum Gasteiger partial charge on any atom is -0.480 e. The lowest BCUT2D eigenvalue weighted by molar-refractivity contribution is -0.143. The molecule has 0 radical (unpaired) electrons. The van der Waals surface area contributed by atoms with Gasteiger partial charge in [-0.25, -0.2) is 4.79 Å². The molecule has 0 saturated heterocycles. The second-order valence-electron chi connectivity index (χ2n) is 3.13. The van der Waals surface area contributed by atoms with Gasteiger partial charge in [-0.15, -0.1) is 0 Å². The summed E-state index contributed by atoms with van der Waals surface area (Å²) in [6.07, 6.45) is 0. The monoisotopic (exact) mass is 325 g/mol. The average molecular weight is 326 g/mol. The molecule has 0 amide bonds. The Labute approximate surface area is 100 Å². The molecule has 0 spiro atoms. The van der Waals surface area contributed by atoms with Crippen LogP contribution >= 0.6 is 34.2 Å². The highest BCUT2D eigenvalue weighted by Crippen LogP contribution is 2.27. The van der Waals surface area contributed by atoms with Gasteiger partial charge in [0.1, 0.15) is 5.54 Å². The molecule has 0 bridgehead atoms. The third-order valence-electron chi connectivity index (χ3n) is 1.93. The molecular formula is C9H9ClINO2. The molecule has 0 aliphatic heterocycles. The topological polar surface area (TPSA) is 63.3 Å². The number of carboxylic acid groups (broad SMARTS) is 1. The zero-order valence-corrected chi connectivity index (χ0v) is 10.3. The summed E-state index contributed by atoms with van der Waals surface area (Å²) >= 11 is 7.96. The quantitative estimate of drug-likeness (QED) is 0.820. The molecule has 0 fully saturated rings. The largest absolute Gasteiger partial charge is 0.480 e. The van der Waals surface area contributed by atoms with Crippen LogP contribution in [0.2, 0.25) is 5.02 Å². The summed E-state index contributed by atoms with van der Waals surface area (Å²) in [4.78, 5) is 10.9. The summed E-state index contributed by atoms with van der Waals surface area (Å²) in [6.45, 7) is 1.42. The Morgan fingerprint density at radius 2 is 2.21 bits per heavy atom. The van der Waals surface area contributed by atoms with E-state index in [1.807, 2.05) is 0 Å². The first kappa shape index (κ1) is 11.7. The highest BCUT2D eigenvalue weighted by atomic mass is 127. The first-order valence-corrected chi connectivity index (χ1v) is 5.29. The number of nitrogens with two attached hydrogens (primary N) is 1. The van der Waals surface area contributed by atoms with Crippen LogP contribution in [0.4, 0.5) is 0 Å². The smallest absolute Gasteiger partial charge is 0.328 e. The number of halogens is 2. The third kappa shape index (κ3) is 2.18. The van der Waals surface area contributed by atoms with Crippen LogP contribution in [0.1, 0.15) is 12.5 Å². The van der Waals surface area contributed by atoms with Gasteiger partial charge >= 0.3 is 5.97 Å². The van der Waals surface area contributed by atoms with E-state index in [1.54, 1.807) is 18.2 Å². The van der Waals surface area contributed by atoms with Gasteiger partial charge in [-0.3, -0.25) is 0 Å². The molecule has 76 valence electrons. The van der Waals surface area contributed by atoms with E-state index in [1.165, 1.54) is 6.92 Å². The summed E-state index contributed by atoms with van der Waals surface area (Å²) in [5.74, 6) is -1.10. The van der Waals surface area contributed by atoms with E-state index in [0.29, 0.717) is 10.6 Å². The molecule has 0 aliphatic rings. The number of benzene rings is 1. The molecule has 1 aromatic rings. The molecule has 5 heteroatoms. The van der Waals surface area contributed by atoms with Crippen molar-refractivity contribution in [3.8, 4) is 0 Å². The van der Waals surface area contributed by atoms with Crippen molar-refractivity contribution >= 4 is 40.2 Å². The van der Waals surface area contributed by atoms with Crippen molar-refractivity contribution < 1.29 is 9.90 Å². The maximum Gasteiger partial charge on any atom is 0.328 e. The van der Waals surface area contributed by atoms with Gasteiger partial charge in [0.15, 0.2) is 0 Å². The Hall–Kier alpha value is -0.330. The summed E-state index contributed by atoms with van der Waals surface area (Å²) < 4.78 is 0.903. The fourth-order valence-electron chi connectivity index (χ4n) is 1.01. The number of hydrogen-bond acceptors (Lipinski definition) is 2. The number of carbonyl (C=O) groups is 1. The lowest BCUT2D eigenvalue weighted by atomic mass is 9.93. The van der Waals surface area contributed by atoms with E-state index >= 15 is 0 Å². The SMILES string of the molecule is C[C@](N)(C(=O)O)c1cc(I)ccc1Cl. The minimum absolute atomic E-state index is 0.373. The lowest BCUT2D eigenvalue weighted by Crippen LogP contribution is -2.42. The van der Waals surface area contributed by atoms with Gasteiger partial charge in [0, 0.05) is 14.2 Å². The highest BCUT2D eigenvalue weighted by molar-refractivity contribution is 14.1. The molecule has 0 aliphatic carbocycles. The molecule has 14 heavy (non-hydrogen) atoms. The molecular weight excluding hydrogens is 316 g/mol. The summed E-state index contributed by atoms with van der Waals surface area (Å²) in [6, 6.07) is 5.12. The van der Waals surface area contributed by atoms with Crippen LogP contribution < -0.4 is 5.73 Å². The van der Waals surface area contributed by atoms with Crippen molar-refractivity contribution in [1.82, 2.24) is 0 Å². The fraction of sp³-hybridized carbons (Fsp3) is 0.222. The minimum atomic E-state index is -1.45. The summed E-state index contributed by atoms with van der Waals surface area (Å²) in [7, 11) is 0. The standard InChI is InChI=1S/C9H9ClINO2/c1-9(12,8(13)14)6-4-5(11)2-3-7(6)10/h2-4H,12H2,1H3,(H,13,14)/t9-/m1/s1. The second kappa shape index (κ2) is 4.04. The third-order valence-corrected chi connectivity index (χ3v) is 2.93. The lowest BCUT2D eigenvalue weighted by Gasteiger charge is -2.21. The van der Waals surface area contributed by atoms with Crippen molar-refractivity contribution in [3.05, 3.63) is 32.4 Å². The molecule has 0 unspecified atom stereocenters. The van der Waals surface area contributed by atoms with Crippen molar-refractivity contribution in [2.45, 2.75) is 12.5 Å². The molecule has 1 atom stereocenters. The average Bonchev–Trinajstić information content (AvgIpc) is 2.08. The van der Waals surface area contributed by atoms with Crippen molar-refractivity contribution in [3.63, 3.8) is 0 Å². The number of aliphatic carboxylic acids is 1. The van der Waals surface area contributed by atoms with E-state index in [4.69, 9.17) is 22.4 Å². The van der Waals surface area contributed by atoms with E-state index in [0.717, 1.165) is 3.57 Å². The van der Waals surface area contributed by atoms with Gasteiger partial charge in [-0.1, -0.05) is 11.6 Å². The normalized spacial score (nSPS) is 14.9. The van der Waals surface area contributed by atoms with Crippen molar-refractivity contribution in [2.24, 2.45) is 5.73 Å². The first-order chi connectivity index (χ1) is 6.35. The predicted molar refractivity (Wildman–Crippen MR) is 63.3 cm³/mol. The molecule has 0 aromatic heterocycles. The van der Waals surface area contributed by atoms with Crippen LogP contribution in [0.5, 0.6) is 0 Å². The van der Waals surface area contributed by atoms with Crippen LogP contribution in [0.15, 0.2) is 18.2 Å². The van der Waals surface area contributed by atoms with Gasteiger partial charge in [0.25, 0.3) is 0 Å². The van der Waals surface area contributed by atoms with Crippen LogP contribution in [0.3, 0.4) is 0 Å². The molecule has 1 aromatic carbocycles. The van der Waals surface area contributed by atoms with Gasteiger partial charge in [0.2, 0.25) is 0 Å². The van der Waals surface area contributed by atoms with Gasteiger partial charge in [0.05, 0.1) is 0 Å². The Morgan fingerprint density at radius 3 is 2.71 bits per heavy atom. The van der Waals surface area contributed by atoms with Crippen molar-refractivity contribution in [2.75, 3.05) is 0 Å². The first-order valence-electron chi connectivity index (χ1n) is 3.83. The molecule has 3 nitrogen and oxygen atoms in total. The van der Waals surface area contributed by atoms with E-state index in [-0.39, 0.29) is 0 Å². The second-order valence-corrected chi connectivity index (χ2v) is 4.78. The summed E-state index contributed by atoms with van der Waals surface area (Å²) in [5.41, 5.74) is 4.65. The predicted octanol–water partition coefficient (Wildman–Crippen LogP) is 2.20. The van der Waals surface area contributed by atoms with E-state index < -0.39 is 11.5 Å². The van der Waals surface area contributed by atoms with Gasteiger partial charge in [-0.05, 0) is 47.7 Å². The molecule has 0 saturated carbocycles. The van der Waals surface area contributed by atoms with Gasteiger partial charge in [-0.2, -0.15) is 0 Å². The Kier molecular flexibility index (Phi) is 3.39. The zero-order chi connectivity index (χ0) is 10.9. The molecule has 3 N–H and O–H groups in total. The summed E-state index contributed by atoms with van der Waals surface area (Å²) in [5, 5.41) is 9.30. The number of rotatable bonds is 2. The van der Waals surface area contributed by atoms with E-state index in [2.05, 4.69) is 22.6 Å². The molecule has 1 rings (SSSR count). The Bertz CT molecular complexity index is 379. The Morgan fingerprint density at radius 1 is 1.64 bits per heavy atom. The highest BCUT2D eigenvalue weighted by Gasteiger charge is 2.32. The fourth-order valence-corrected chi connectivity index (χ4v) is 1.82. The van der Waals surface area contributed by atoms with Crippen LogP contribution in [0.25, 0.3) is 0 Å².